The largest absolute Gasteiger partial charge is 0.474 e. The van der Waals surface area contributed by atoms with Gasteiger partial charge >= 0.3 is 17.5 Å². The number of likely N-dealkylation sites (tertiary alicyclic amines) is 1. The van der Waals surface area contributed by atoms with Crippen LogP contribution >= 0.6 is 0 Å². The number of benzene rings is 1. The highest BCUT2D eigenvalue weighted by atomic mass is 32.2. The van der Waals surface area contributed by atoms with Gasteiger partial charge in [0.05, 0.1) is 18.8 Å². The first kappa shape index (κ1) is 24.4. The summed E-state index contributed by atoms with van der Waals surface area (Å²) in [4.78, 5) is 21.6. The van der Waals surface area contributed by atoms with Gasteiger partial charge in [-0.05, 0) is 30.5 Å². The minimum Gasteiger partial charge on any atom is -0.474 e. The van der Waals surface area contributed by atoms with E-state index in [0.29, 0.717) is 55.7 Å². The lowest BCUT2D eigenvalue weighted by Crippen LogP contribution is -2.50. The van der Waals surface area contributed by atoms with Gasteiger partial charge in [-0.25, -0.2) is 14.8 Å². The molecule has 2 aliphatic rings. The summed E-state index contributed by atoms with van der Waals surface area (Å²) >= 11 is -1.66. The van der Waals surface area contributed by atoms with Crippen LogP contribution in [0.1, 0.15) is 43.7 Å². The lowest BCUT2D eigenvalue weighted by atomic mass is 9.91. The second-order valence-corrected chi connectivity index (χ2v) is 9.68. The Kier molecular flexibility index (Phi) is 7.64. The molecule has 184 valence electrons. The molecule has 0 unspecified atom stereocenters. The molecule has 2 aliphatic heterocycles. The fourth-order valence-corrected chi connectivity index (χ4v) is 4.83. The highest BCUT2D eigenvalue weighted by Gasteiger charge is 2.35. The van der Waals surface area contributed by atoms with Crippen molar-refractivity contribution < 1.29 is 31.9 Å². The van der Waals surface area contributed by atoms with Crippen molar-refractivity contribution in [2.24, 2.45) is 5.92 Å². The summed E-state index contributed by atoms with van der Waals surface area (Å²) in [6, 6.07) is 7.39. The maximum atomic E-state index is 11.6. The van der Waals surface area contributed by atoms with E-state index >= 15 is 0 Å². The third kappa shape index (κ3) is 5.65. The molecule has 3 heterocycles. The topological polar surface area (TPSA) is 120 Å². The van der Waals surface area contributed by atoms with E-state index < -0.39 is 17.5 Å². The quantitative estimate of drug-likeness (QED) is 0.642. The second-order valence-electron chi connectivity index (χ2n) is 8.80. The normalized spacial score (nSPS) is 25.2. The smallest absolute Gasteiger partial charge is 0.407 e. The fraction of sp³-hybridized carbons (Fsp3) is 0.522. The molecule has 0 radical (unpaired) electrons. The number of rotatable bonds is 6. The molecular formula is C23H29N3O7S. The average Bonchev–Trinajstić information content (AvgIpc) is 2.82. The minimum absolute atomic E-state index is 0.00903. The molecule has 0 aliphatic carbocycles. The van der Waals surface area contributed by atoms with E-state index in [2.05, 4.69) is 9.97 Å². The monoisotopic (exact) mass is 491 g/mol. The van der Waals surface area contributed by atoms with Crippen molar-refractivity contribution in [2.75, 3.05) is 19.8 Å². The van der Waals surface area contributed by atoms with E-state index in [-0.39, 0.29) is 24.0 Å². The number of carbonyl (C=O) groups is 1. The minimum atomic E-state index is -1.66. The molecule has 34 heavy (non-hydrogen) atoms. The Balaban J connectivity index is 1.41. The Hall–Kier alpha value is -2.76. The Morgan fingerprint density at radius 3 is 2.50 bits per heavy atom. The first-order valence-corrected chi connectivity index (χ1v) is 12.3. The zero-order valence-corrected chi connectivity index (χ0v) is 20.2. The number of aromatic nitrogens is 2. The predicted molar refractivity (Wildman–Crippen MR) is 123 cm³/mol. The number of carboxylic acid groups (broad SMARTS) is 1. The number of hydrogen-bond acceptors (Lipinski definition) is 8. The maximum absolute atomic E-state index is 11.6. The summed E-state index contributed by atoms with van der Waals surface area (Å²) < 4.78 is 33.4. The van der Waals surface area contributed by atoms with E-state index in [0.717, 1.165) is 5.56 Å². The van der Waals surface area contributed by atoms with Crippen molar-refractivity contribution in [3.63, 3.8) is 0 Å². The maximum Gasteiger partial charge on any atom is 0.407 e. The van der Waals surface area contributed by atoms with Gasteiger partial charge in [-0.3, -0.25) is 8.37 Å². The standard InChI is InChI=1S/C23H29N3O7S/c1-14(2)20-10-19(8-9-26(20)23(27)28)33-22-15(3)21(24-13-25-22)32-18-6-4-16(5-7-18)17-11-30-34(29)31-12-17/h4-7,13-14,17,19-20H,8-12H2,1-3H3,(H,27,28)/t17?,19-,20-,34?/m0/s1. The van der Waals surface area contributed by atoms with Crippen LogP contribution in [0, 0.1) is 12.8 Å². The van der Waals surface area contributed by atoms with Crippen LogP contribution in [0.5, 0.6) is 17.5 Å². The Labute approximate surface area is 201 Å². The first-order chi connectivity index (χ1) is 16.3. The van der Waals surface area contributed by atoms with Gasteiger partial charge in [0.15, 0.2) is 0 Å². The van der Waals surface area contributed by atoms with Gasteiger partial charge in [-0.15, -0.1) is 0 Å². The van der Waals surface area contributed by atoms with Crippen molar-refractivity contribution >= 4 is 17.5 Å². The van der Waals surface area contributed by atoms with E-state index in [9.17, 15) is 14.1 Å². The van der Waals surface area contributed by atoms with Gasteiger partial charge < -0.3 is 19.5 Å². The van der Waals surface area contributed by atoms with Crippen molar-refractivity contribution in [2.45, 2.75) is 51.7 Å². The van der Waals surface area contributed by atoms with Crippen LogP contribution in [0.3, 0.4) is 0 Å². The van der Waals surface area contributed by atoms with Crippen LogP contribution in [0.15, 0.2) is 30.6 Å². The molecular weight excluding hydrogens is 462 g/mol. The molecule has 0 saturated carbocycles. The van der Waals surface area contributed by atoms with Gasteiger partial charge in [-0.2, -0.15) is 4.21 Å². The molecule has 4 rings (SSSR count). The zero-order chi connectivity index (χ0) is 24.2. The SMILES string of the molecule is Cc1c(Oc2ccc(C3COS(=O)OC3)cc2)ncnc1O[C@H]1CCN(C(=O)O)[C@H](C(C)C)C1. The summed E-state index contributed by atoms with van der Waals surface area (Å²) in [5, 5.41) is 9.48. The van der Waals surface area contributed by atoms with Gasteiger partial charge in [-0.1, -0.05) is 26.0 Å². The molecule has 2 atom stereocenters. The van der Waals surface area contributed by atoms with Gasteiger partial charge in [0.2, 0.25) is 11.8 Å². The van der Waals surface area contributed by atoms with E-state index in [1.165, 1.54) is 11.2 Å². The zero-order valence-electron chi connectivity index (χ0n) is 19.4. The van der Waals surface area contributed by atoms with E-state index in [1.807, 2.05) is 45.0 Å². The molecule has 1 amide bonds. The molecule has 1 aromatic carbocycles. The highest BCUT2D eigenvalue weighted by molar-refractivity contribution is 7.75. The summed E-state index contributed by atoms with van der Waals surface area (Å²) in [5.74, 6) is 1.62. The Bertz CT molecular complexity index is 1020. The molecule has 2 saturated heterocycles. The van der Waals surface area contributed by atoms with E-state index in [1.54, 1.807) is 0 Å². The van der Waals surface area contributed by atoms with Crippen molar-refractivity contribution in [1.29, 1.82) is 0 Å². The second kappa shape index (κ2) is 10.7. The van der Waals surface area contributed by atoms with Crippen LogP contribution in [-0.4, -0.2) is 62.2 Å². The van der Waals surface area contributed by atoms with Gasteiger partial charge in [0.25, 0.3) is 0 Å². The van der Waals surface area contributed by atoms with Crippen LogP contribution in [-0.2, 0) is 19.7 Å². The lowest BCUT2D eigenvalue weighted by Gasteiger charge is -2.39. The van der Waals surface area contributed by atoms with Crippen LogP contribution in [0.25, 0.3) is 0 Å². The fourth-order valence-electron chi connectivity index (χ4n) is 4.21. The van der Waals surface area contributed by atoms with Crippen LogP contribution < -0.4 is 9.47 Å². The molecule has 0 spiro atoms. The lowest BCUT2D eigenvalue weighted by molar-refractivity contribution is 0.0360. The number of ether oxygens (including phenoxy) is 2. The molecule has 11 heteroatoms. The third-order valence-electron chi connectivity index (χ3n) is 6.18. The molecule has 2 fully saturated rings. The van der Waals surface area contributed by atoms with Crippen molar-refractivity contribution in [1.82, 2.24) is 14.9 Å². The number of amides is 1. The number of nitrogens with zero attached hydrogens (tertiary/aromatic N) is 3. The van der Waals surface area contributed by atoms with E-state index in [4.69, 9.17) is 17.8 Å². The molecule has 1 aromatic heterocycles. The average molecular weight is 492 g/mol. The van der Waals surface area contributed by atoms with Gasteiger partial charge in [0.1, 0.15) is 18.2 Å². The summed E-state index contributed by atoms with van der Waals surface area (Å²) in [6.45, 7) is 6.97. The number of hydrogen-bond donors (Lipinski definition) is 1. The molecule has 2 aromatic rings. The third-order valence-corrected chi connectivity index (χ3v) is 6.84. The summed E-state index contributed by atoms with van der Waals surface area (Å²) in [5.41, 5.74) is 1.67. The van der Waals surface area contributed by atoms with Crippen LogP contribution in [0.2, 0.25) is 0 Å². The predicted octanol–water partition coefficient (Wildman–Crippen LogP) is 3.83. The summed E-state index contributed by atoms with van der Waals surface area (Å²) in [6.07, 6.45) is 1.56. The van der Waals surface area contributed by atoms with Crippen LogP contribution in [0.4, 0.5) is 4.79 Å². The Morgan fingerprint density at radius 1 is 1.18 bits per heavy atom. The van der Waals surface area contributed by atoms with Crippen molar-refractivity contribution in [3.8, 4) is 17.5 Å². The Morgan fingerprint density at radius 2 is 1.85 bits per heavy atom. The van der Waals surface area contributed by atoms with Gasteiger partial charge in [0, 0.05) is 31.3 Å². The molecule has 0 bridgehead atoms. The first-order valence-electron chi connectivity index (χ1n) is 11.3. The van der Waals surface area contributed by atoms with Crippen molar-refractivity contribution in [3.05, 3.63) is 41.7 Å². The summed E-state index contributed by atoms with van der Waals surface area (Å²) in [7, 11) is 0. The molecule has 10 nitrogen and oxygen atoms in total. The number of piperidine rings is 1. The molecule has 1 N–H and O–H groups in total. The highest BCUT2D eigenvalue weighted by Crippen LogP contribution is 2.32.